The number of benzene rings is 4. The lowest BCUT2D eigenvalue weighted by Crippen LogP contribution is -2.02. The van der Waals surface area contributed by atoms with Gasteiger partial charge in [0.05, 0.1) is 0 Å². The van der Waals surface area contributed by atoms with Gasteiger partial charge in [0, 0.05) is 11.4 Å². The molecule has 10 nitrogen and oxygen atoms in total. The maximum atomic E-state index is 11.6. The molecular formula is C24H20N2O8S2. The largest absolute Gasteiger partial charge is 0.456 e. The average Bonchev–Trinajstić information content (AvgIpc) is 2.81. The fraction of sp³-hybridized carbons (Fsp3) is 0. The quantitative estimate of drug-likeness (QED) is 0.196. The zero-order valence-electron chi connectivity index (χ0n) is 18.4. The summed E-state index contributed by atoms with van der Waals surface area (Å²) >= 11 is 0. The van der Waals surface area contributed by atoms with Gasteiger partial charge in [-0.25, -0.2) is 0 Å². The van der Waals surface area contributed by atoms with Crippen LogP contribution in [0, 0.1) is 0 Å². The minimum Gasteiger partial charge on any atom is -0.456 e. The second-order valence-electron chi connectivity index (χ2n) is 7.62. The highest BCUT2D eigenvalue weighted by Crippen LogP contribution is 2.34. The van der Waals surface area contributed by atoms with Gasteiger partial charge >= 0.3 is 0 Å². The van der Waals surface area contributed by atoms with Crippen LogP contribution in [0.5, 0.6) is 23.0 Å². The van der Waals surface area contributed by atoms with Gasteiger partial charge in [-0.2, -0.15) is 16.8 Å². The van der Waals surface area contributed by atoms with Crippen LogP contribution in [0.4, 0.5) is 11.4 Å². The zero-order valence-corrected chi connectivity index (χ0v) is 20.0. The molecule has 0 bridgehead atoms. The van der Waals surface area contributed by atoms with Crippen LogP contribution < -0.4 is 20.9 Å². The number of hydrogen-bond acceptors (Lipinski definition) is 8. The highest BCUT2D eigenvalue weighted by atomic mass is 32.2. The van der Waals surface area contributed by atoms with Gasteiger partial charge < -0.3 is 20.9 Å². The van der Waals surface area contributed by atoms with E-state index in [-0.39, 0.29) is 22.9 Å². The van der Waals surface area contributed by atoms with Crippen molar-refractivity contribution in [2.75, 3.05) is 11.5 Å². The summed E-state index contributed by atoms with van der Waals surface area (Å²) in [4.78, 5) is -0.888. The number of rotatable bonds is 7. The van der Waals surface area contributed by atoms with Crippen LogP contribution in [0.15, 0.2) is 94.7 Å². The van der Waals surface area contributed by atoms with Crippen LogP contribution in [0.1, 0.15) is 0 Å². The molecule has 0 aliphatic rings. The molecule has 0 aliphatic heterocycles. The summed E-state index contributed by atoms with van der Waals surface area (Å²) in [6.45, 7) is 0. The summed E-state index contributed by atoms with van der Waals surface area (Å²) in [7, 11) is -9.07. The molecule has 0 spiro atoms. The van der Waals surface area contributed by atoms with E-state index >= 15 is 0 Å². The minimum absolute atomic E-state index is 0.0760. The number of anilines is 2. The smallest absolute Gasteiger partial charge is 0.298 e. The topological polar surface area (TPSA) is 179 Å². The van der Waals surface area contributed by atoms with E-state index in [4.69, 9.17) is 20.9 Å². The van der Waals surface area contributed by atoms with E-state index in [0.29, 0.717) is 11.5 Å². The molecule has 0 aromatic heterocycles. The van der Waals surface area contributed by atoms with Crippen molar-refractivity contribution >= 4 is 31.6 Å². The van der Waals surface area contributed by atoms with Crippen molar-refractivity contribution in [3.05, 3.63) is 84.9 Å². The lowest BCUT2D eigenvalue weighted by molar-refractivity contribution is 0.448. The van der Waals surface area contributed by atoms with Crippen LogP contribution in [0.3, 0.4) is 0 Å². The minimum atomic E-state index is -4.54. The predicted molar refractivity (Wildman–Crippen MR) is 133 cm³/mol. The van der Waals surface area contributed by atoms with Crippen molar-refractivity contribution in [2.45, 2.75) is 9.79 Å². The molecule has 0 atom stereocenters. The Hall–Kier alpha value is -4.10. The molecule has 6 N–H and O–H groups in total. The Balaban J connectivity index is 1.52. The van der Waals surface area contributed by atoms with E-state index in [2.05, 4.69) is 0 Å². The van der Waals surface area contributed by atoms with Crippen molar-refractivity contribution in [3.8, 4) is 34.1 Å². The molecule has 12 heteroatoms. The Morgan fingerprint density at radius 1 is 0.528 bits per heavy atom. The molecule has 0 unspecified atom stereocenters. The molecule has 0 amide bonds. The Labute approximate surface area is 207 Å². The number of ether oxygens (including phenoxy) is 2. The molecule has 0 saturated carbocycles. The highest BCUT2D eigenvalue weighted by Gasteiger charge is 2.19. The third kappa shape index (κ3) is 5.75. The van der Waals surface area contributed by atoms with E-state index in [1.807, 2.05) is 0 Å². The van der Waals surface area contributed by atoms with Crippen LogP contribution in [-0.2, 0) is 20.2 Å². The maximum Gasteiger partial charge on any atom is 0.298 e. The van der Waals surface area contributed by atoms with Crippen LogP contribution in [0.25, 0.3) is 11.1 Å². The monoisotopic (exact) mass is 528 g/mol. The van der Waals surface area contributed by atoms with Crippen LogP contribution in [-0.4, -0.2) is 25.9 Å². The highest BCUT2D eigenvalue weighted by molar-refractivity contribution is 7.86. The first-order valence-electron chi connectivity index (χ1n) is 10.2. The van der Waals surface area contributed by atoms with Crippen molar-refractivity contribution in [1.29, 1.82) is 0 Å². The van der Waals surface area contributed by atoms with Gasteiger partial charge in [-0.3, -0.25) is 9.11 Å². The molecule has 0 radical (unpaired) electrons. The molecule has 4 rings (SSSR count). The summed E-state index contributed by atoms with van der Waals surface area (Å²) in [6.07, 6.45) is 0. The van der Waals surface area contributed by atoms with Gasteiger partial charge in [0.1, 0.15) is 32.8 Å². The Bertz CT molecular complexity index is 1510. The maximum absolute atomic E-state index is 11.6. The third-order valence-corrected chi connectivity index (χ3v) is 6.74. The van der Waals surface area contributed by atoms with Crippen LogP contribution >= 0.6 is 0 Å². The van der Waals surface area contributed by atoms with E-state index in [0.717, 1.165) is 23.3 Å². The summed E-state index contributed by atoms with van der Waals surface area (Å²) in [5.74, 6) is 0.504. The molecular weight excluding hydrogens is 508 g/mol. The van der Waals surface area contributed by atoms with Gasteiger partial charge in [-0.1, -0.05) is 24.3 Å². The second-order valence-corrected chi connectivity index (χ2v) is 10.4. The molecule has 0 saturated heterocycles. The van der Waals surface area contributed by atoms with Gasteiger partial charge in [0.25, 0.3) is 20.2 Å². The fourth-order valence-electron chi connectivity index (χ4n) is 3.31. The van der Waals surface area contributed by atoms with Crippen molar-refractivity contribution in [3.63, 3.8) is 0 Å². The van der Waals surface area contributed by atoms with Crippen molar-refractivity contribution in [1.82, 2.24) is 0 Å². The Morgan fingerprint density at radius 2 is 0.861 bits per heavy atom. The summed E-state index contributed by atoms with van der Waals surface area (Å²) in [5.41, 5.74) is 13.1. The predicted octanol–water partition coefficient (Wildman–Crippen LogP) is 4.60. The Kier molecular flexibility index (Phi) is 6.61. The van der Waals surface area contributed by atoms with E-state index in [9.17, 15) is 25.9 Å². The second kappa shape index (κ2) is 9.51. The fourth-order valence-corrected chi connectivity index (χ4v) is 4.60. The zero-order chi connectivity index (χ0) is 26.1. The third-order valence-electron chi connectivity index (χ3n) is 4.99. The standard InChI is InChI=1S/C24H20N2O8S2/c25-17-5-11-21(23(13-17)35(27,28)29)33-19-7-1-15(2-8-19)16-3-9-20(10-4-16)34-22-12-6-18(26)14-24(22)36(30,31)32/h1-14H,25-26H2,(H,27,28,29)(H,30,31,32). The molecule has 0 heterocycles. The molecule has 0 aliphatic carbocycles. The van der Waals surface area contributed by atoms with Crippen molar-refractivity contribution in [2.24, 2.45) is 0 Å². The summed E-state index contributed by atoms with van der Waals surface area (Å²) in [5, 5.41) is 0. The molecule has 186 valence electrons. The van der Waals surface area contributed by atoms with Crippen LogP contribution in [0.2, 0.25) is 0 Å². The normalized spacial score (nSPS) is 11.7. The SMILES string of the molecule is Nc1ccc(Oc2ccc(-c3ccc(Oc4ccc(N)cc4S(=O)(=O)O)cc3)cc2)c(S(=O)(=O)O)c1. The lowest BCUT2D eigenvalue weighted by atomic mass is 10.1. The molecule has 4 aromatic carbocycles. The summed E-state index contributed by atoms with van der Waals surface area (Å²) < 4.78 is 76.6. The van der Waals surface area contributed by atoms with E-state index in [1.54, 1.807) is 48.5 Å². The first kappa shape index (κ1) is 25.0. The van der Waals surface area contributed by atoms with Gasteiger partial charge in [0.15, 0.2) is 0 Å². The van der Waals surface area contributed by atoms with Gasteiger partial charge in [-0.15, -0.1) is 0 Å². The molecule has 0 fully saturated rings. The van der Waals surface area contributed by atoms with Gasteiger partial charge in [-0.05, 0) is 71.8 Å². The summed E-state index contributed by atoms with van der Waals surface area (Å²) in [6, 6.07) is 21.3. The number of nitrogens with two attached hydrogens (primary N) is 2. The first-order valence-corrected chi connectivity index (χ1v) is 13.1. The molecule has 4 aromatic rings. The van der Waals surface area contributed by atoms with E-state index < -0.39 is 30.0 Å². The number of nitrogen functional groups attached to an aromatic ring is 2. The first-order chi connectivity index (χ1) is 16.9. The Morgan fingerprint density at radius 3 is 1.17 bits per heavy atom. The van der Waals surface area contributed by atoms with Crippen molar-refractivity contribution < 1.29 is 35.4 Å². The van der Waals surface area contributed by atoms with E-state index in [1.165, 1.54) is 24.3 Å². The average molecular weight is 529 g/mol. The lowest BCUT2D eigenvalue weighted by Gasteiger charge is -2.12. The number of hydrogen-bond donors (Lipinski definition) is 4. The molecule has 36 heavy (non-hydrogen) atoms. The van der Waals surface area contributed by atoms with Gasteiger partial charge in [0.2, 0.25) is 0 Å².